The first-order valence-corrected chi connectivity index (χ1v) is 5.28. The second kappa shape index (κ2) is 2.27. The molecule has 1 aromatic carbocycles. The van der Waals surface area contributed by atoms with Crippen LogP contribution in [0.3, 0.4) is 0 Å². The molecule has 2 rings (SSSR count). The summed E-state index contributed by atoms with van der Waals surface area (Å²) in [4.78, 5) is 0.903. The Hall–Kier alpha value is -0.940. The maximum Gasteiger partial charge on any atom is 0.157 e. The topological polar surface area (TPSA) is 53.0 Å². The first-order chi connectivity index (χ1) is 5.61. The number of hydrogen-bond donors (Lipinski definition) is 2. The maximum atomic E-state index is 11.5. The van der Waals surface area contributed by atoms with Crippen molar-refractivity contribution in [2.45, 2.75) is 4.90 Å². The molecule has 1 heterocycles. The van der Waals surface area contributed by atoms with E-state index < -0.39 is 9.92 Å². The lowest BCUT2D eigenvalue weighted by Crippen LogP contribution is -2.18. The van der Waals surface area contributed by atoms with Gasteiger partial charge in [-0.3, -0.25) is 4.72 Å². The monoisotopic (exact) mass is 198 g/mol. The minimum atomic E-state index is -2.85. The fourth-order valence-electron chi connectivity index (χ4n) is 1.15. The highest BCUT2D eigenvalue weighted by Gasteiger charge is 2.25. The second-order valence-corrected chi connectivity index (χ2v) is 4.65. The molecule has 62 valence electrons. The molecule has 1 aliphatic rings. The van der Waals surface area contributed by atoms with Gasteiger partial charge in [0.05, 0.1) is 4.90 Å². The van der Waals surface area contributed by atoms with Crippen molar-refractivity contribution in [1.82, 2.24) is 4.72 Å². The molecule has 1 atom stereocenters. The van der Waals surface area contributed by atoms with Gasteiger partial charge in [-0.05, 0) is 6.07 Å². The van der Waals surface area contributed by atoms with Crippen LogP contribution in [0.5, 0.6) is 0 Å². The van der Waals surface area contributed by atoms with E-state index in [4.69, 9.17) is 17.0 Å². The molecule has 0 radical (unpaired) electrons. The van der Waals surface area contributed by atoms with Crippen molar-refractivity contribution >= 4 is 27.1 Å². The fourth-order valence-corrected chi connectivity index (χ4v) is 2.97. The molecule has 12 heavy (non-hydrogen) atoms. The Bertz CT molecular complexity index is 450. The molecule has 1 unspecified atom stereocenters. The van der Waals surface area contributed by atoms with E-state index in [-0.39, 0.29) is 0 Å². The SMILES string of the molecule is N=S1(=O)NC(=S)c2ccccc21. The Balaban J connectivity index is 2.83. The van der Waals surface area contributed by atoms with Crippen LogP contribution in [0.15, 0.2) is 29.2 Å². The smallest absolute Gasteiger partial charge is 0.157 e. The van der Waals surface area contributed by atoms with Gasteiger partial charge in [-0.15, -0.1) is 0 Å². The molecule has 0 saturated heterocycles. The summed E-state index contributed by atoms with van der Waals surface area (Å²) in [5, 5.41) is 0. The Labute approximate surface area is 75.9 Å². The Morgan fingerprint density at radius 2 is 2.08 bits per heavy atom. The quantitative estimate of drug-likeness (QED) is 0.617. The average Bonchev–Trinajstić information content (AvgIpc) is 2.25. The molecule has 3 nitrogen and oxygen atoms in total. The first kappa shape index (κ1) is 7.70. The van der Waals surface area contributed by atoms with Crippen LogP contribution in [0.4, 0.5) is 0 Å². The Morgan fingerprint density at radius 3 is 2.75 bits per heavy atom. The number of rotatable bonds is 0. The van der Waals surface area contributed by atoms with Crippen LogP contribution in [0.25, 0.3) is 0 Å². The molecule has 1 aromatic rings. The van der Waals surface area contributed by atoms with E-state index in [1.165, 1.54) is 0 Å². The Kier molecular flexibility index (Phi) is 1.46. The Morgan fingerprint density at radius 1 is 1.42 bits per heavy atom. The van der Waals surface area contributed by atoms with Crippen molar-refractivity contribution in [3.8, 4) is 0 Å². The van der Waals surface area contributed by atoms with Crippen LogP contribution in [0, 0.1) is 4.78 Å². The van der Waals surface area contributed by atoms with E-state index in [2.05, 4.69) is 4.72 Å². The molecule has 0 aliphatic carbocycles. The summed E-state index contributed by atoms with van der Waals surface area (Å²) in [6.45, 7) is 0. The molecule has 5 heteroatoms. The molecule has 0 fully saturated rings. The molecule has 0 amide bonds. The predicted molar refractivity (Wildman–Crippen MR) is 50.4 cm³/mol. The van der Waals surface area contributed by atoms with Crippen molar-refractivity contribution in [3.05, 3.63) is 29.8 Å². The van der Waals surface area contributed by atoms with Gasteiger partial charge in [0, 0.05) is 5.56 Å². The van der Waals surface area contributed by atoms with E-state index in [9.17, 15) is 4.21 Å². The van der Waals surface area contributed by atoms with Crippen molar-refractivity contribution in [2.75, 3.05) is 0 Å². The van der Waals surface area contributed by atoms with Gasteiger partial charge in [0.1, 0.15) is 4.99 Å². The normalized spacial score (nSPS) is 26.5. The largest absolute Gasteiger partial charge is 0.285 e. The van der Waals surface area contributed by atoms with E-state index in [0.717, 1.165) is 0 Å². The molecule has 1 aliphatic heterocycles. The van der Waals surface area contributed by atoms with Gasteiger partial charge < -0.3 is 0 Å². The lowest BCUT2D eigenvalue weighted by Gasteiger charge is -1.96. The molecule has 0 aromatic heterocycles. The van der Waals surface area contributed by atoms with Gasteiger partial charge in [-0.25, -0.2) is 8.99 Å². The van der Waals surface area contributed by atoms with Crippen LogP contribution in [-0.2, 0) is 9.92 Å². The number of hydrogen-bond acceptors (Lipinski definition) is 3. The van der Waals surface area contributed by atoms with Crippen molar-refractivity contribution in [3.63, 3.8) is 0 Å². The summed E-state index contributed by atoms with van der Waals surface area (Å²) in [7, 11) is -2.85. The van der Waals surface area contributed by atoms with E-state index in [0.29, 0.717) is 15.4 Å². The second-order valence-electron chi connectivity index (χ2n) is 2.48. The minimum Gasteiger partial charge on any atom is -0.285 e. The summed E-state index contributed by atoms with van der Waals surface area (Å²) < 4.78 is 21.4. The number of thiocarbonyl (C=S) groups is 1. The van der Waals surface area contributed by atoms with Gasteiger partial charge >= 0.3 is 0 Å². The lowest BCUT2D eigenvalue weighted by molar-refractivity contribution is 0.674. The van der Waals surface area contributed by atoms with Crippen LogP contribution in [0.1, 0.15) is 5.56 Å². The zero-order valence-electron chi connectivity index (χ0n) is 6.03. The third kappa shape index (κ3) is 0.937. The summed E-state index contributed by atoms with van der Waals surface area (Å²) in [5.41, 5.74) is 0.715. The summed E-state index contributed by atoms with van der Waals surface area (Å²) >= 11 is 4.91. The average molecular weight is 198 g/mol. The van der Waals surface area contributed by atoms with Crippen molar-refractivity contribution < 1.29 is 4.21 Å². The highest BCUT2D eigenvalue weighted by molar-refractivity contribution is 7.94. The van der Waals surface area contributed by atoms with Gasteiger partial charge in [-0.2, -0.15) is 0 Å². The third-order valence-corrected chi connectivity index (χ3v) is 3.60. The standard InChI is InChI=1S/C7H6N2OS2/c8-12(10)6-4-2-1-3-5(6)7(11)9-12/h1-4H,(H2,8,9,10,11). The highest BCUT2D eigenvalue weighted by Crippen LogP contribution is 2.22. The lowest BCUT2D eigenvalue weighted by atomic mass is 10.2. The van der Waals surface area contributed by atoms with Gasteiger partial charge in [0.25, 0.3) is 0 Å². The maximum absolute atomic E-state index is 11.5. The molecule has 0 saturated carbocycles. The summed E-state index contributed by atoms with van der Waals surface area (Å²) in [6.07, 6.45) is 0. The number of nitrogens with one attached hydrogen (secondary N) is 2. The molecular weight excluding hydrogens is 192 g/mol. The molecular formula is C7H6N2OS2. The first-order valence-electron chi connectivity index (χ1n) is 3.31. The predicted octanol–water partition coefficient (Wildman–Crippen LogP) is 1.29. The van der Waals surface area contributed by atoms with E-state index in [1.807, 2.05) is 6.07 Å². The van der Waals surface area contributed by atoms with Crippen molar-refractivity contribution in [2.24, 2.45) is 0 Å². The van der Waals surface area contributed by atoms with Gasteiger partial charge in [0.2, 0.25) is 0 Å². The highest BCUT2D eigenvalue weighted by atomic mass is 32.2. The van der Waals surface area contributed by atoms with Crippen molar-refractivity contribution in [1.29, 1.82) is 4.78 Å². The van der Waals surface area contributed by atoms with Crippen LogP contribution in [-0.4, -0.2) is 9.20 Å². The van der Waals surface area contributed by atoms with Crippen LogP contribution < -0.4 is 4.72 Å². The zero-order chi connectivity index (χ0) is 8.77. The minimum absolute atomic E-state index is 0.408. The van der Waals surface area contributed by atoms with Gasteiger partial charge in [0.15, 0.2) is 9.92 Å². The summed E-state index contributed by atoms with van der Waals surface area (Å²) in [5.74, 6) is 0. The fraction of sp³-hybridized carbons (Fsp3) is 0. The van der Waals surface area contributed by atoms with Crippen LogP contribution >= 0.6 is 12.2 Å². The number of benzene rings is 1. The molecule has 0 spiro atoms. The third-order valence-electron chi connectivity index (χ3n) is 1.68. The van der Waals surface area contributed by atoms with Crippen LogP contribution in [0.2, 0.25) is 0 Å². The molecule has 0 bridgehead atoms. The van der Waals surface area contributed by atoms with E-state index >= 15 is 0 Å². The summed E-state index contributed by atoms with van der Waals surface area (Å²) in [6, 6.07) is 7.00. The van der Waals surface area contributed by atoms with E-state index in [1.54, 1.807) is 18.2 Å². The zero-order valence-corrected chi connectivity index (χ0v) is 7.67. The van der Waals surface area contributed by atoms with Gasteiger partial charge in [-0.1, -0.05) is 30.4 Å². The number of fused-ring (bicyclic) bond motifs is 1. The molecule has 2 N–H and O–H groups in total.